The molecule has 28 heavy (non-hydrogen) atoms. The van der Waals surface area contributed by atoms with Crippen LogP contribution in [-0.2, 0) is 35.1 Å². The van der Waals surface area contributed by atoms with Crippen LogP contribution in [0.2, 0.25) is 0 Å². The molecule has 0 fully saturated rings. The van der Waals surface area contributed by atoms with Gasteiger partial charge in [-0.25, -0.2) is 8.78 Å². The Bertz CT molecular complexity index is 788. The van der Waals surface area contributed by atoms with Crippen LogP contribution in [0.5, 0.6) is 0 Å². The van der Waals surface area contributed by atoms with Gasteiger partial charge in [-0.1, -0.05) is 24.3 Å². The van der Waals surface area contributed by atoms with Crippen LogP contribution in [0, 0.1) is 11.6 Å². The fraction of sp³-hybridized carbons (Fsp3) is 0.333. The van der Waals surface area contributed by atoms with Crippen molar-refractivity contribution in [1.82, 2.24) is 0 Å². The second-order valence-electron chi connectivity index (χ2n) is 6.07. The average Bonchev–Trinajstić information content (AvgIpc) is 2.52. The SMILES string of the molecule is O=S(Cc1cccc(F)c1CC(F)(F)F)Cc1cccc(F)c1CC(F)(F)F. The zero-order valence-corrected chi connectivity index (χ0v) is 14.9. The summed E-state index contributed by atoms with van der Waals surface area (Å²) in [5, 5.41) is 0. The Labute approximate surface area is 157 Å². The van der Waals surface area contributed by atoms with Gasteiger partial charge in [0.05, 0.1) is 12.8 Å². The van der Waals surface area contributed by atoms with E-state index in [-0.39, 0.29) is 11.1 Å². The summed E-state index contributed by atoms with van der Waals surface area (Å²) in [7, 11) is -1.98. The van der Waals surface area contributed by atoms with Crippen LogP contribution >= 0.6 is 0 Å². The Morgan fingerprint density at radius 1 is 0.679 bits per heavy atom. The van der Waals surface area contributed by atoms with Gasteiger partial charge >= 0.3 is 12.4 Å². The molecule has 0 radical (unpaired) electrons. The van der Waals surface area contributed by atoms with E-state index in [2.05, 4.69) is 0 Å². The minimum atomic E-state index is -4.69. The summed E-state index contributed by atoms with van der Waals surface area (Å²) in [4.78, 5) is 0. The lowest BCUT2D eigenvalue weighted by Gasteiger charge is -2.15. The van der Waals surface area contributed by atoms with Crippen LogP contribution in [0.1, 0.15) is 22.3 Å². The molecule has 2 aromatic rings. The Morgan fingerprint density at radius 2 is 1.04 bits per heavy atom. The highest BCUT2D eigenvalue weighted by Crippen LogP contribution is 2.28. The van der Waals surface area contributed by atoms with Crippen LogP contribution in [0.25, 0.3) is 0 Å². The third-order valence-corrected chi connectivity index (χ3v) is 5.09. The lowest BCUT2D eigenvalue weighted by Crippen LogP contribution is -2.17. The Balaban J connectivity index is 2.25. The average molecular weight is 430 g/mol. The van der Waals surface area contributed by atoms with Crippen molar-refractivity contribution in [3.63, 3.8) is 0 Å². The van der Waals surface area contributed by atoms with E-state index in [9.17, 15) is 39.3 Å². The molecular formula is C18H14F8OS. The third kappa shape index (κ3) is 6.57. The predicted octanol–water partition coefficient (Wildman–Crippen LogP) is 5.62. The molecule has 0 aliphatic carbocycles. The molecule has 0 aliphatic rings. The standard InChI is InChI=1S/C18H14F8OS/c19-15-5-1-3-11(13(15)7-17(21,22)23)9-28(27)10-12-4-2-6-16(20)14(12)8-18(24,25)26/h1-6H,7-10H2. The van der Waals surface area contributed by atoms with Gasteiger partial charge in [-0.15, -0.1) is 0 Å². The van der Waals surface area contributed by atoms with Crippen LogP contribution in [0.4, 0.5) is 35.1 Å². The van der Waals surface area contributed by atoms with E-state index in [4.69, 9.17) is 0 Å². The summed E-state index contributed by atoms with van der Waals surface area (Å²) < 4.78 is 116. The monoisotopic (exact) mass is 430 g/mol. The van der Waals surface area contributed by atoms with E-state index in [1.807, 2.05) is 0 Å². The van der Waals surface area contributed by atoms with Crippen LogP contribution in [0.15, 0.2) is 36.4 Å². The molecule has 0 spiro atoms. The quantitative estimate of drug-likeness (QED) is 0.544. The van der Waals surface area contributed by atoms with E-state index in [1.165, 1.54) is 12.1 Å². The molecular weight excluding hydrogens is 416 g/mol. The molecule has 2 aromatic carbocycles. The lowest BCUT2D eigenvalue weighted by atomic mass is 10.0. The smallest absolute Gasteiger partial charge is 0.259 e. The van der Waals surface area contributed by atoms with Gasteiger partial charge in [-0.05, 0) is 23.3 Å². The van der Waals surface area contributed by atoms with Crippen molar-refractivity contribution >= 4 is 10.8 Å². The molecule has 0 unspecified atom stereocenters. The second kappa shape index (κ2) is 8.59. The van der Waals surface area contributed by atoms with Gasteiger partial charge < -0.3 is 0 Å². The number of hydrogen-bond donors (Lipinski definition) is 0. The fourth-order valence-corrected chi connectivity index (χ4v) is 4.01. The molecule has 0 N–H and O–H groups in total. The van der Waals surface area contributed by atoms with Crippen molar-refractivity contribution in [3.05, 3.63) is 70.3 Å². The maximum absolute atomic E-state index is 13.8. The first-order valence-corrected chi connectivity index (χ1v) is 9.35. The van der Waals surface area contributed by atoms with E-state index in [1.54, 1.807) is 0 Å². The molecule has 1 nitrogen and oxygen atoms in total. The first-order valence-electron chi connectivity index (χ1n) is 7.87. The largest absolute Gasteiger partial charge is 0.393 e. The molecule has 0 amide bonds. The van der Waals surface area contributed by atoms with Crippen LogP contribution < -0.4 is 0 Å². The summed E-state index contributed by atoms with van der Waals surface area (Å²) in [5.41, 5.74) is -1.66. The Morgan fingerprint density at radius 3 is 1.36 bits per heavy atom. The molecule has 0 atom stereocenters. The van der Waals surface area contributed by atoms with Gasteiger partial charge in [0.2, 0.25) is 0 Å². The zero-order valence-electron chi connectivity index (χ0n) is 14.1. The highest BCUT2D eigenvalue weighted by molar-refractivity contribution is 7.83. The molecule has 2 rings (SSSR count). The molecule has 0 saturated carbocycles. The summed E-state index contributed by atoms with van der Waals surface area (Å²) in [6.45, 7) is 0. The Hall–Kier alpha value is -1.97. The maximum atomic E-state index is 13.8. The van der Waals surface area contributed by atoms with Gasteiger partial charge in [0.25, 0.3) is 0 Å². The minimum absolute atomic E-state index is 0.163. The summed E-state index contributed by atoms with van der Waals surface area (Å²) in [6.07, 6.45) is -12.5. The van der Waals surface area contributed by atoms with E-state index >= 15 is 0 Å². The highest BCUT2D eigenvalue weighted by Gasteiger charge is 2.32. The molecule has 0 aliphatic heterocycles. The molecule has 0 saturated heterocycles. The molecule has 0 bridgehead atoms. The van der Waals surface area contributed by atoms with Crippen LogP contribution in [0.3, 0.4) is 0 Å². The van der Waals surface area contributed by atoms with Gasteiger partial charge in [0.15, 0.2) is 0 Å². The van der Waals surface area contributed by atoms with Crippen molar-refractivity contribution < 1.29 is 39.3 Å². The first-order chi connectivity index (χ1) is 12.9. The van der Waals surface area contributed by atoms with Crippen molar-refractivity contribution in [1.29, 1.82) is 0 Å². The summed E-state index contributed by atoms with van der Waals surface area (Å²) in [5.74, 6) is -3.25. The van der Waals surface area contributed by atoms with Crippen molar-refractivity contribution in [2.45, 2.75) is 36.7 Å². The van der Waals surface area contributed by atoms with Crippen molar-refractivity contribution in [2.75, 3.05) is 0 Å². The molecule has 154 valence electrons. The van der Waals surface area contributed by atoms with E-state index in [0.717, 1.165) is 24.3 Å². The number of benzene rings is 2. The minimum Gasteiger partial charge on any atom is -0.259 e. The Kier molecular flexibility index (Phi) is 6.84. The molecule has 0 heterocycles. The van der Waals surface area contributed by atoms with Gasteiger partial charge in [0, 0.05) is 33.4 Å². The number of hydrogen-bond acceptors (Lipinski definition) is 1. The molecule has 10 heteroatoms. The highest BCUT2D eigenvalue weighted by atomic mass is 32.2. The fourth-order valence-electron chi connectivity index (χ4n) is 2.67. The van der Waals surface area contributed by atoms with E-state index in [0.29, 0.717) is 0 Å². The zero-order chi connectivity index (χ0) is 21.1. The van der Waals surface area contributed by atoms with Gasteiger partial charge in [-0.2, -0.15) is 26.3 Å². The summed E-state index contributed by atoms with van der Waals surface area (Å²) in [6, 6.07) is 6.32. The first kappa shape index (κ1) is 22.3. The topological polar surface area (TPSA) is 17.1 Å². The second-order valence-corrected chi connectivity index (χ2v) is 7.52. The number of rotatable bonds is 6. The predicted molar refractivity (Wildman–Crippen MR) is 87.9 cm³/mol. The van der Waals surface area contributed by atoms with Crippen LogP contribution in [-0.4, -0.2) is 16.6 Å². The normalized spacial score (nSPS) is 12.6. The van der Waals surface area contributed by atoms with Gasteiger partial charge in [-0.3, -0.25) is 4.21 Å². The lowest BCUT2D eigenvalue weighted by molar-refractivity contribution is -0.128. The van der Waals surface area contributed by atoms with Crippen molar-refractivity contribution in [3.8, 4) is 0 Å². The number of alkyl halides is 6. The number of halogens is 8. The maximum Gasteiger partial charge on any atom is 0.393 e. The van der Waals surface area contributed by atoms with Crippen molar-refractivity contribution in [2.24, 2.45) is 0 Å². The summed E-state index contributed by atoms with van der Waals surface area (Å²) >= 11 is 0. The third-order valence-electron chi connectivity index (χ3n) is 3.82. The molecule has 0 aromatic heterocycles. The van der Waals surface area contributed by atoms with E-state index < -0.39 is 70.3 Å². The van der Waals surface area contributed by atoms with Gasteiger partial charge in [0.1, 0.15) is 11.6 Å².